The number of methoxy groups -OCH3 is 2. The zero-order chi connectivity index (χ0) is 20.0. The first-order valence-corrected chi connectivity index (χ1v) is 8.39. The van der Waals surface area contributed by atoms with E-state index in [1.807, 2.05) is 0 Å². The minimum Gasteiger partial charge on any atom is -0.493 e. The Morgan fingerprint density at radius 1 is 1.26 bits per heavy atom. The van der Waals surface area contributed by atoms with Crippen LogP contribution in [0.2, 0.25) is 0 Å². The van der Waals surface area contributed by atoms with Gasteiger partial charge in [-0.15, -0.1) is 13.2 Å². The second-order valence-electron chi connectivity index (χ2n) is 5.80. The third-order valence-corrected chi connectivity index (χ3v) is 3.95. The fourth-order valence-electron chi connectivity index (χ4n) is 2.69. The molecule has 0 saturated heterocycles. The Morgan fingerprint density at radius 2 is 1.89 bits per heavy atom. The van der Waals surface area contributed by atoms with E-state index in [-0.39, 0.29) is 17.2 Å². The Balaban J connectivity index is 2.60. The van der Waals surface area contributed by atoms with E-state index in [2.05, 4.69) is 18.3 Å². The highest BCUT2D eigenvalue weighted by Gasteiger charge is 2.29. The predicted molar refractivity (Wildman–Crippen MR) is 102 cm³/mol. The predicted octanol–water partition coefficient (Wildman–Crippen LogP) is 3.23. The van der Waals surface area contributed by atoms with Crippen LogP contribution in [0.4, 0.5) is 0 Å². The third kappa shape index (κ3) is 4.20. The lowest BCUT2D eigenvalue weighted by molar-refractivity contribution is 0.0779. The molecule has 1 unspecified atom stereocenters. The number of amides is 1. The number of aliphatic hydroxyl groups is 1. The third-order valence-electron chi connectivity index (χ3n) is 3.95. The number of ether oxygens (including phenoxy) is 2. The molecule has 0 bridgehead atoms. The van der Waals surface area contributed by atoms with Gasteiger partial charge in [0.05, 0.1) is 14.2 Å². The number of nitrogens with zero attached hydrogens (tertiary/aromatic N) is 2. The molecule has 27 heavy (non-hydrogen) atoms. The summed E-state index contributed by atoms with van der Waals surface area (Å²) >= 11 is 0. The molecule has 2 rings (SSSR count). The van der Waals surface area contributed by atoms with E-state index >= 15 is 0 Å². The Bertz CT molecular complexity index is 816. The van der Waals surface area contributed by atoms with Crippen LogP contribution in [0.3, 0.4) is 0 Å². The average Bonchev–Trinajstić information content (AvgIpc) is 3.12. The number of hydrogen-bond acceptors (Lipinski definition) is 6. The summed E-state index contributed by atoms with van der Waals surface area (Å²) in [5, 5.41) is 14.1. The van der Waals surface area contributed by atoms with Crippen molar-refractivity contribution in [3.63, 3.8) is 0 Å². The van der Waals surface area contributed by atoms with Crippen LogP contribution in [0.1, 0.15) is 29.1 Å². The van der Waals surface area contributed by atoms with Gasteiger partial charge in [-0.25, -0.2) is 0 Å². The second kappa shape index (κ2) is 9.05. The van der Waals surface area contributed by atoms with E-state index in [0.717, 1.165) is 0 Å². The molecule has 7 heteroatoms. The minimum atomic E-state index is -1.00. The van der Waals surface area contributed by atoms with Crippen LogP contribution in [0.25, 0.3) is 11.3 Å². The summed E-state index contributed by atoms with van der Waals surface area (Å²) < 4.78 is 15.9. The maximum Gasteiger partial charge on any atom is 0.260 e. The lowest BCUT2D eigenvalue weighted by Crippen LogP contribution is -2.32. The average molecular weight is 372 g/mol. The fourth-order valence-corrected chi connectivity index (χ4v) is 2.69. The van der Waals surface area contributed by atoms with Crippen molar-refractivity contribution in [1.82, 2.24) is 10.1 Å². The van der Waals surface area contributed by atoms with Crippen LogP contribution in [0, 0.1) is 0 Å². The Hall–Kier alpha value is -3.06. The van der Waals surface area contributed by atoms with Gasteiger partial charge in [0.25, 0.3) is 5.91 Å². The largest absolute Gasteiger partial charge is 0.493 e. The molecule has 0 aliphatic heterocycles. The summed E-state index contributed by atoms with van der Waals surface area (Å²) in [5.74, 6) is 0.803. The summed E-state index contributed by atoms with van der Waals surface area (Å²) in [6, 6.07) is 5.15. The molecule has 0 aliphatic carbocycles. The van der Waals surface area contributed by atoms with Crippen molar-refractivity contribution in [2.45, 2.75) is 13.0 Å². The number of carbonyl (C=O) groups is 1. The van der Waals surface area contributed by atoms with E-state index in [9.17, 15) is 9.90 Å². The molecule has 7 nitrogen and oxygen atoms in total. The van der Waals surface area contributed by atoms with Crippen LogP contribution >= 0.6 is 0 Å². The minimum absolute atomic E-state index is 0.0999. The smallest absolute Gasteiger partial charge is 0.260 e. The SMILES string of the molecule is C=CCN(CC=C)C(=O)c1c(-c2ccc(OC)c(OC)c2)noc1C(C)O. The van der Waals surface area contributed by atoms with E-state index in [1.54, 1.807) is 30.4 Å². The number of hydrogen-bond donors (Lipinski definition) is 1. The van der Waals surface area contributed by atoms with Crippen LogP contribution < -0.4 is 9.47 Å². The van der Waals surface area contributed by atoms with Gasteiger partial charge in [0.1, 0.15) is 17.4 Å². The lowest BCUT2D eigenvalue weighted by Gasteiger charge is -2.20. The van der Waals surface area contributed by atoms with Gasteiger partial charge in [0.2, 0.25) is 0 Å². The van der Waals surface area contributed by atoms with E-state index in [4.69, 9.17) is 14.0 Å². The van der Waals surface area contributed by atoms with Gasteiger partial charge in [-0.1, -0.05) is 17.3 Å². The molecule has 1 aromatic heterocycles. The number of rotatable bonds is 9. The molecule has 0 radical (unpaired) electrons. The monoisotopic (exact) mass is 372 g/mol. The molecule has 0 fully saturated rings. The summed E-state index contributed by atoms with van der Waals surface area (Å²) in [4.78, 5) is 14.7. The molecule has 0 saturated carbocycles. The molecular formula is C20H24N2O5. The van der Waals surface area contributed by atoms with Gasteiger partial charge in [0.15, 0.2) is 17.3 Å². The first-order chi connectivity index (χ1) is 13.0. The number of carbonyl (C=O) groups excluding carboxylic acids is 1. The molecule has 0 spiro atoms. The summed E-state index contributed by atoms with van der Waals surface area (Å²) in [6.07, 6.45) is 2.24. The second-order valence-corrected chi connectivity index (χ2v) is 5.80. The van der Waals surface area contributed by atoms with Gasteiger partial charge >= 0.3 is 0 Å². The zero-order valence-corrected chi connectivity index (χ0v) is 15.8. The van der Waals surface area contributed by atoms with E-state index < -0.39 is 6.10 Å². The van der Waals surface area contributed by atoms with Crippen molar-refractivity contribution in [3.05, 3.63) is 54.8 Å². The molecule has 1 atom stereocenters. The highest BCUT2D eigenvalue weighted by molar-refractivity contribution is 6.01. The Morgan fingerprint density at radius 3 is 2.41 bits per heavy atom. The van der Waals surface area contributed by atoms with Crippen LogP contribution in [0.15, 0.2) is 48.0 Å². The first-order valence-electron chi connectivity index (χ1n) is 8.39. The normalized spacial score (nSPS) is 11.6. The van der Waals surface area contributed by atoms with Crippen molar-refractivity contribution in [2.75, 3.05) is 27.3 Å². The highest BCUT2D eigenvalue weighted by atomic mass is 16.5. The number of benzene rings is 1. The molecule has 2 aromatic rings. The molecule has 1 heterocycles. The zero-order valence-electron chi connectivity index (χ0n) is 15.8. The molecule has 1 amide bonds. The summed E-state index contributed by atoms with van der Waals surface area (Å²) in [6.45, 7) is 9.51. The van der Waals surface area contributed by atoms with Crippen molar-refractivity contribution in [1.29, 1.82) is 0 Å². The van der Waals surface area contributed by atoms with Gasteiger partial charge in [0, 0.05) is 18.7 Å². The summed E-state index contributed by atoms with van der Waals surface area (Å²) in [7, 11) is 3.06. The van der Waals surface area contributed by atoms with Gasteiger partial charge in [-0.2, -0.15) is 0 Å². The number of aliphatic hydroxyl groups excluding tert-OH is 1. The van der Waals surface area contributed by atoms with Crippen molar-refractivity contribution < 1.29 is 23.9 Å². The highest BCUT2D eigenvalue weighted by Crippen LogP contribution is 2.35. The quantitative estimate of drug-likeness (QED) is 0.680. The standard InChI is InChI=1S/C20H24N2O5/c1-6-10-22(11-7-2)20(24)17-18(21-27-19(17)13(3)23)14-8-9-15(25-4)16(12-14)26-5/h6-9,12-13,23H,1-2,10-11H2,3-5H3. The topological polar surface area (TPSA) is 85.0 Å². The molecule has 1 aromatic carbocycles. The molecule has 144 valence electrons. The number of aromatic nitrogens is 1. The molecule has 1 N–H and O–H groups in total. The maximum atomic E-state index is 13.1. The lowest BCUT2D eigenvalue weighted by atomic mass is 10.0. The fraction of sp³-hybridized carbons (Fsp3) is 0.300. The van der Waals surface area contributed by atoms with Crippen molar-refractivity contribution >= 4 is 5.91 Å². The van der Waals surface area contributed by atoms with Crippen LogP contribution in [-0.4, -0.2) is 48.4 Å². The van der Waals surface area contributed by atoms with E-state index in [1.165, 1.54) is 26.0 Å². The summed E-state index contributed by atoms with van der Waals surface area (Å²) in [5.41, 5.74) is 1.11. The Labute approximate surface area is 158 Å². The van der Waals surface area contributed by atoms with Crippen LogP contribution in [0.5, 0.6) is 11.5 Å². The van der Waals surface area contributed by atoms with Gasteiger partial charge < -0.3 is 24.0 Å². The maximum absolute atomic E-state index is 13.1. The molecular weight excluding hydrogens is 348 g/mol. The van der Waals surface area contributed by atoms with E-state index in [0.29, 0.717) is 35.8 Å². The van der Waals surface area contributed by atoms with Crippen molar-refractivity contribution in [2.24, 2.45) is 0 Å². The van der Waals surface area contributed by atoms with Crippen molar-refractivity contribution in [3.8, 4) is 22.8 Å². The first kappa shape index (κ1) is 20.3. The van der Waals surface area contributed by atoms with Gasteiger partial charge in [-0.3, -0.25) is 4.79 Å². The van der Waals surface area contributed by atoms with Crippen LogP contribution in [-0.2, 0) is 0 Å². The molecule has 0 aliphatic rings. The van der Waals surface area contributed by atoms with Gasteiger partial charge in [-0.05, 0) is 25.1 Å². The Kier molecular flexibility index (Phi) is 6.79.